The minimum Gasteiger partial charge on any atom is -0.441 e. The predicted molar refractivity (Wildman–Crippen MR) is 57.9 cm³/mol. The second kappa shape index (κ2) is 3.88. The molecular weight excluding hydrogens is 230 g/mol. The van der Waals surface area contributed by atoms with E-state index >= 15 is 0 Å². The summed E-state index contributed by atoms with van der Waals surface area (Å²) in [6.45, 7) is 1.30. The third kappa shape index (κ3) is 1.94. The van der Waals surface area contributed by atoms with Crippen molar-refractivity contribution >= 4 is 20.9 Å². The molecule has 1 heterocycles. The van der Waals surface area contributed by atoms with Gasteiger partial charge in [-0.25, -0.2) is 13.4 Å². The van der Waals surface area contributed by atoms with Crippen LogP contribution >= 0.6 is 0 Å². The number of fused-ring (bicyclic) bond motifs is 1. The molecule has 1 aromatic carbocycles. The molecule has 0 atom stereocenters. The summed E-state index contributed by atoms with van der Waals surface area (Å²) in [5.41, 5.74) is 1.07. The average Bonchev–Trinajstić information content (AvgIpc) is 2.56. The number of benzene rings is 1. The van der Waals surface area contributed by atoms with Crippen LogP contribution < -0.4 is 0 Å². The molecule has 1 aromatic heterocycles. The van der Waals surface area contributed by atoms with E-state index in [1.165, 1.54) is 12.1 Å². The molecule has 6 heteroatoms. The fraction of sp³-hybridized carbons (Fsp3) is 0.300. The van der Waals surface area contributed by atoms with E-state index in [1.54, 1.807) is 13.0 Å². The minimum absolute atomic E-state index is 0.144. The van der Waals surface area contributed by atoms with Gasteiger partial charge in [0.25, 0.3) is 0 Å². The summed E-state index contributed by atoms with van der Waals surface area (Å²) in [6.07, 6.45) is 0. The lowest BCUT2D eigenvalue weighted by atomic mass is 10.3. The molecule has 0 radical (unpaired) electrons. The molecule has 2 aromatic rings. The van der Waals surface area contributed by atoms with Crippen molar-refractivity contribution in [3.05, 3.63) is 24.1 Å². The van der Waals surface area contributed by atoms with Gasteiger partial charge in [0.2, 0.25) is 0 Å². The average molecular weight is 241 g/mol. The molecule has 1 N–H and O–H groups in total. The SMILES string of the molecule is Cc1nc2ccc(S(=O)(=O)CCO)cc2o1. The van der Waals surface area contributed by atoms with E-state index in [4.69, 9.17) is 9.52 Å². The van der Waals surface area contributed by atoms with Gasteiger partial charge in [-0.15, -0.1) is 0 Å². The van der Waals surface area contributed by atoms with Crippen molar-refractivity contribution in [2.24, 2.45) is 0 Å². The third-order valence-corrected chi connectivity index (χ3v) is 3.88. The van der Waals surface area contributed by atoms with Crippen LogP contribution in [0, 0.1) is 6.92 Å². The minimum atomic E-state index is -3.43. The second-order valence-electron chi connectivity index (χ2n) is 3.40. The van der Waals surface area contributed by atoms with Gasteiger partial charge in [-0.2, -0.15) is 0 Å². The summed E-state index contributed by atoms with van der Waals surface area (Å²) < 4.78 is 28.6. The van der Waals surface area contributed by atoms with Gasteiger partial charge in [-0.05, 0) is 12.1 Å². The highest BCUT2D eigenvalue weighted by atomic mass is 32.2. The van der Waals surface area contributed by atoms with Gasteiger partial charge >= 0.3 is 0 Å². The standard InChI is InChI=1S/C10H11NO4S/c1-7-11-9-3-2-8(6-10(9)15-7)16(13,14)5-4-12/h2-3,6,12H,4-5H2,1H3. The third-order valence-electron chi connectivity index (χ3n) is 2.19. The summed E-state index contributed by atoms with van der Waals surface area (Å²) in [7, 11) is -3.43. The van der Waals surface area contributed by atoms with Crippen molar-refractivity contribution in [2.45, 2.75) is 11.8 Å². The Morgan fingerprint density at radius 1 is 1.44 bits per heavy atom. The number of rotatable bonds is 3. The summed E-state index contributed by atoms with van der Waals surface area (Å²) in [5.74, 6) is 0.206. The van der Waals surface area contributed by atoms with Crippen LogP contribution in [0.15, 0.2) is 27.5 Å². The summed E-state index contributed by atoms with van der Waals surface area (Å²) >= 11 is 0. The van der Waals surface area contributed by atoms with Crippen molar-refractivity contribution in [2.75, 3.05) is 12.4 Å². The molecule has 86 valence electrons. The van der Waals surface area contributed by atoms with Crippen LogP contribution in [0.2, 0.25) is 0 Å². The maximum absolute atomic E-state index is 11.7. The Kier molecular flexibility index (Phi) is 2.69. The predicted octanol–water partition coefficient (Wildman–Crippen LogP) is 0.902. The number of nitrogens with zero attached hydrogens (tertiary/aromatic N) is 1. The Labute approximate surface area is 92.6 Å². The normalized spacial score (nSPS) is 12.1. The molecule has 16 heavy (non-hydrogen) atoms. The van der Waals surface area contributed by atoms with Crippen molar-refractivity contribution in [3.63, 3.8) is 0 Å². The molecule has 2 rings (SSSR count). The van der Waals surface area contributed by atoms with Gasteiger partial charge in [0.15, 0.2) is 21.3 Å². The molecule has 0 aliphatic carbocycles. The maximum atomic E-state index is 11.7. The smallest absolute Gasteiger partial charge is 0.192 e. The van der Waals surface area contributed by atoms with Gasteiger partial charge in [0, 0.05) is 13.0 Å². The Hall–Kier alpha value is -1.40. The highest BCUT2D eigenvalue weighted by molar-refractivity contribution is 7.91. The van der Waals surface area contributed by atoms with Crippen molar-refractivity contribution in [3.8, 4) is 0 Å². The van der Waals surface area contributed by atoms with E-state index in [0.29, 0.717) is 17.0 Å². The Morgan fingerprint density at radius 2 is 2.19 bits per heavy atom. The summed E-state index contributed by atoms with van der Waals surface area (Å²) in [4.78, 5) is 4.22. The van der Waals surface area contributed by atoms with Crippen LogP contribution in [0.1, 0.15) is 5.89 Å². The maximum Gasteiger partial charge on any atom is 0.192 e. The Balaban J connectivity index is 2.54. The zero-order valence-electron chi connectivity index (χ0n) is 8.67. The van der Waals surface area contributed by atoms with Gasteiger partial charge in [0.1, 0.15) is 5.52 Å². The fourth-order valence-corrected chi connectivity index (χ4v) is 2.49. The van der Waals surface area contributed by atoms with Crippen molar-refractivity contribution in [1.29, 1.82) is 0 Å². The molecular formula is C10H11NO4S. The Bertz CT molecular complexity index is 615. The largest absolute Gasteiger partial charge is 0.441 e. The quantitative estimate of drug-likeness (QED) is 0.863. The van der Waals surface area contributed by atoms with Gasteiger partial charge in [-0.1, -0.05) is 0 Å². The van der Waals surface area contributed by atoms with Crippen LogP contribution in [0.4, 0.5) is 0 Å². The lowest BCUT2D eigenvalue weighted by molar-refractivity contribution is 0.319. The van der Waals surface area contributed by atoms with E-state index in [0.717, 1.165) is 0 Å². The number of oxazole rings is 1. The Morgan fingerprint density at radius 3 is 2.88 bits per heavy atom. The first kappa shape index (κ1) is 11.1. The number of aliphatic hydroxyl groups is 1. The first-order valence-electron chi connectivity index (χ1n) is 4.74. The topological polar surface area (TPSA) is 80.4 Å². The molecule has 0 aliphatic rings. The molecule has 0 fully saturated rings. The zero-order valence-corrected chi connectivity index (χ0v) is 9.49. The van der Waals surface area contributed by atoms with E-state index in [-0.39, 0.29) is 10.6 Å². The van der Waals surface area contributed by atoms with Gasteiger partial charge in [-0.3, -0.25) is 0 Å². The summed E-state index contributed by atoms with van der Waals surface area (Å²) in [6, 6.07) is 4.49. The molecule has 0 bridgehead atoms. The van der Waals surface area contributed by atoms with Crippen LogP contribution in [0.25, 0.3) is 11.1 Å². The molecule has 5 nitrogen and oxygen atoms in total. The number of hydrogen-bond acceptors (Lipinski definition) is 5. The van der Waals surface area contributed by atoms with Gasteiger partial charge in [0.05, 0.1) is 17.3 Å². The molecule has 0 unspecified atom stereocenters. The molecule has 0 amide bonds. The van der Waals surface area contributed by atoms with E-state index < -0.39 is 16.4 Å². The first-order valence-corrected chi connectivity index (χ1v) is 6.39. The van der Waals surface area contributed by atoms with Crippen molar-refractivity contribution < 1.29 is 17.9 Å². The monoisotopic (exact) mass is 241 g/mol. The van der Waals surface area contributed by atoms with E-state index in [1.807, 2.05) is 0 Å². The van der Waals surface area contributed by atoms with E-state index in [2.05, 4.69) is 4.98 Å². The highest BCUT2D eigenvalue weighted by Crippen LogP contribution is 2.20. The van der Waals surface area contributed by atoms with Crippen LogP contribution in [-0.2, 0) is 9.84 Å². The van der Waals surface area contributed by atoms with Gasteiger partial charge < -0.3 is 9.52 Å². The number of hydrogen-bond donors (Lipinski definition) is 1. The summed E-state index contributed by atoms with van der Waals surface area (Å²) in [5, 5.41) is 8.67. The number of aromatic nitrogens is 1. The lowest BCUT2D eigenvalue weighted by Gasteiger charge is -2.01. The molecule has 0 saturated heterocycles. The second-order valence-corrected chi connectivity index (χ2v) is 5.51. The van der Waals surface area contributed by atoms with Crippen LogP contribution in [0.5, 0.6) is 0 Å². The number of sulfone groups is 1. The zero-order chi connectivity index (χ0) is 11.8. The van der Waals surface area contributed by atoms with Crippen molar-refractivity contribution in [1.82, 2.24) is 4.98 Å². The molecule has 0 saturated carbocycles. The lowest BCUT2D eigenvalue weighted by Crippen LogP contribution is -2.09. The number of aliphatic hydroxyl groups excluding tert-OH is 1. The van der Waals surface area contributed by atoms with E-state index in [9.17, 15) is 8.42 Å². The molecule has 0 spiro atoms. The first-order chi connectivity index (χ1) is 7.53. The highest BCUT2D eigenvalue weighted by Gasteiger charge is 2.15. The fourth-order valence-electron chi connectivity index (χ4n) is 1.45. The van der Waals surface area contributed by atoms with Crippen LogP contribution in [-0.4, -0.2) is 30.9 Å². The number of aryl methyl sites for hydroxylation is 1. The van der Waals surface area contributed by atoms with Crippen LogP contribution in [0.3, 0.4) is 0 Å². The molecule has 0 aliphatic heterocycles.